The number of para-hydroxylation sites is 1. The van der Waals surface area contributed by atoms with Crippen molar-refractivity contribution in [2.45, 2.75) is 12.8 Å². The van der Waals surface area contributed by atoms with Crippen LogP contribution >= 0.6 is 11.6 Å². The van der Waals surface area contributed by atoms with Crippen LogP contribution in [0.25, 0.3) is 0 Å². The first-order valence-electron chi connectivity index (χ1n) is 6.29. The summed E-state index contributed by atoms with van der Waals surface area (Å²) in [5.74, 6) is -0.546. The fourth-order valence-corrected chi connectivity index (χ4v) is 2.27. The molecule has 0 saturated heterocycles. The summed E-state index contributed by atoms with van der Waals surface area (Å²) in [4.78, 5) is 11.1. The van der Waals surface area contributed by atoms with Crippen LogP contribution in [0, 0.1) is 0 Å². The van der Waals surface area contributed by atoms with E-state index in [1.54, 1.807) is 18.2 Å². The molecule has 104 valence electrons. The van der Waals surface area contributed by atoms with Crippen molar-refractivity contribution in [1.82, 2.24) is 0 Å². The maximum absolute atomic E-state index is 11.1. The highest BCUT2D eigenvalue weighted by Gasteiger charge is 2.13. The molecule has 0 spiro atoms. The monoisotopic (exact) mass is 290 g/mol. The molecule has 0 fully saturated rings. The van der Waals surface area contributed by atoms with Crippen LogP contribution in [-0.4, -0.2) is 17.7 Å². The van der Waals surface area contributed by atoms with Gasteiger partial charge in [-0.25, -0.2) is 4.79 Å². The van der Waals surface area contributed by atoms with Crippen LogP contribution < -0.4 is 4.74 Å². The molecule has 0 aliphatic rings. The van der Waals surface area contributed by atoms with Crippen molar-refractivity contribution in [3.05, 3.63) is 64.7 Å². The van der Waals surface area contributed by atoms with E-state index >= 15 is 0 Å². The second-order valence-electron chi connectivity index (χ2n) is 4.53. The standard InChI is InChI=1S/C16H15ClO3/c1-11(12-6-2-4-8-14(12)17)10-20-15-9-5-3-7-13(15)16(18)19/h2-9,11H,10H2,1H3,(H,18,19). The summed E-state index contributed by atoms with van der Waals surface area (Å²) in [7, 11) is 0. The van der Waals surface area contributed by atoms with E-state index in [1.807, 2.05) is 31.2 Å². The van der Waals surface area contributed by atoms with E-state index in [-0.39, 0.29) is 11.5 Å². The fraction of sp³-hybridized carbons (Fsp3) is 0.188. The molecule has 0 aromatic heterocycles. The zero-order valence-electron chi connectivity index (χ0n) is 11.0. The number of carboxylic acid groups (broad SMARTS) is 1. The van der Waals surface area contributed by atoms with E-state index in [4.69, 9.17) is 21.4 Å². The Bertz CT molecular complexity index is 610. The Hall–Kier alpha value is -2.00. The second kappa shape index (κ2) is 6.44. The van der Waals surface area contributed by atoms with E-state index in [0.717, 1.165) is 5.56 Å². The number of rotatable bonds is 5. The van der Waals surface area contributed by atoms with Crippen molar-refractivity contribution in [3.8, 4) is 5.75 Å². The van der Waals surface area contributed by atoms with E-state index in [0.29, 0.717) is 17.4 Å². The molecular formula is C16H15ClO3. The molecule has 2 aromatic carbocycles. The number of benzene rings is 2. The second-order valence-corrected chi connectivity index (χ2v) is 4.94. The maximum Gasteiger partial charge on any atom is 0.339 e. The third kappa shape index (κ3) is 3.31. The molecule has 4 heteroatoms. The number of carboxylic acids is 1. The number of hydrogen-bond donors (Lipinski definition) is 1. The zero-order chi connectivity index (χ0) is 14.5. The minimum atomic E-state index is -0.994. The number of ether oxygens (including phenoxy) is 1. The lowest BCUT2D eigenvalue weighted by Crippen LogP contribution is -2.10. The van der Waals surface area contributed by atoms with Gasteiger partial charge in [-0.3, -0.25) is 0 Å². The van der Waals surface area contributed by atoms with Crippen molar-refractivity contribution in [3.63, 3.8) is 0 Å². The van der Waals surface area contributed by atoms with Gasteiger partial charge < -0.3 is 9.84 Å². The minimum Gasteiger partial charge on any atom is -0.492 e. The molecule has 0 amide bonds. The van der Waals surface area contributed by atoms with Crippen LogP contribution in [0.5, 0.6) is 5.75 Å². The lowest BCUT2D eigenvalue weighted by Gasteiger charge is -2.15. The van der Waals surface area contributed by atoms with Gasteiger partial charge in [0.15, 0.2) is 0 Å². The van der Waals surface area contributed by atoms with Gasteiger partial charge in [0, 0.05) is 10.9 Å². The van der Waals surface area contributed by atoms with Crippen LogP contribution in [-0.2, 0) is 0 Å². The molecule has 0 saturated carbocycles. The van der Waals surface area contributed by atoms with E-state index in [9.17, 15) is 4.79 Å². The van der Waals surface area contributed by atoms with Crippen LogP contribution in [0.15, 0.2) is 48.5 Å². The van der Waals surface area contributed by atoms with Gasteiger partial charge in [-0.15, -0.1) is 0 Å². The van der Waals surface area contributed by atoms with Gasteiger partial charge >= 0.3 is 5.97 Å². The molecule has 0 aliphatic heterocycles. The predicted octanol–water partition coefficient (Wildman–Crippen LogP) is 4.22. The number of halogens is 1. The van der Waals surface area contributed by atoms with Crippen LogP contribution in [0.2, 0.25) is 5.02 Å². The third-order valence-corrected chi connectivity index (χ3v) is 3.39. The molecule has 1 N–H and O–H groups in total. The van der Waals surface area contributed by atoms with Gasteiger partial charge in [0.2, 0.25) is 0 Å². The first-order chi connectivity index (χ1) is 9.59. The maximum atomic E-state index is 11.1. The van der Waals surface area contributed by atoms with Gasteiger partial charge in [0.25, 0.3) is 0 Å². The van der Waals surface area contributed by atoms with Crippen molar-refractivity contribution in [2.75, 3.05) is 6.61 Å². The van der Waals surface area contributed by atoms with Crippen molar-refractivity contribution in [1.29, 1.82) is 0 Å². The Kier molecular flexibility index (Phi) is 4.64. The summed E-state index contributed by atoms with van der Waals surface area (Å²) in [6, 6.07) is 14.2. The van der Waals surface area contributed by atoms with E-state index in [1.165, 1.54) is 6.07 Å². The molecule has 2 rings (SSSR count). The largest absolute Gasteiger partial charge is 0.492 e. The van der Waals surface area contributed by atoms with E-state index < -0.39 is 5.97 Å². The normalized spacial score (nSPS) is 11.9. The Labute approximate surface area is 122 Å². The SMILES string of the molecule is CC(COc1ccccc1C(=O)O)c1ccccc1Cl. The molecule has 1 unspecified atom stereocenters. The molecule has 3 nitrogen and oxygen atoms in total. The molecule has 2 aromatic rings. The Morgan fingerprint density at radius 1 is 1.20 bits per heavy atom. The molecule has 20 heavy (non-hydrogen) atoms. The highest BCUT2D eigenvalue weighted by atomic mass is 35.5. The summed E-state index contributed by atoms with van der Waals surface area (Å²) >= 11 is 6.13. The minimum absolute atomic E-state index is 0.0746. The summed E-state index contributed by atoms with van der Waals surface area (Å²) in [6.07, 6.45) is 0. The summed E-state index contributed by atoms with van der Waals surface area (Å²) in [6.45, 7) is 2.36. The van der Waals surface area contributed by atoms with Crippen LogP contribution in [0.3, 0.4) is 0 Å². The highest BCUT2D eigenvalue weighted by Crippen LogP contribution is 2.26. The van der Waals surface area contributed by atoms with Crippen LogP contribution in [0.1, 0.15) is 28.8 Å². The molecule has 0 bridgehead atoms. The van der Waals surface area contributed by atoms with Crippen molar-refractivity contribution in [2.24, 2.45) is 0 Å². The lowest BCUT2D eigenvalue weighted by atomic mass is 10.0. The average molecular weight is 291 g/mol. The fourth-order valence-electron chi connectivity index (χ4n) is 1.95. The van der Waals surface area contributed by atoms with Crippen molar-refractivity contribution < 1.29 is 14.6 Å². The quantitative estimate of drug-likeness (QED) is 0.897. The van der Waals surface area contributed by atoms with Gasteiger partial charge in [0.1, 0.15) is 11.3 Å². The molecule has 0 radical (unpaired) electrons. The number of carbonyl (C=O) groups is 1. The molecular weight excluding hydrogens is 276 g/mol. The van der Waals surface area contributed by atoms with E-state index in [2.05, 4.69) is 0 Å². The Morgan fingerprint density at radius 2 is 1.85 bits per heavy atom. The smallest absolute Gasteiger partial charge is 0.339 e. The first kappa shape index (κ1) is 14.4. The number of hydrogen-bond acceptors (Lipinski definition) is 2. The topological polar surface area (TPSA) is 46.5 Å². The summed E-state index contributed by atoms with van der Waals surface area (Å²) < 4.78 is 5.63. The Balaban J connectivity index is 2.10. The van der Waals surface area contributed by atoms with Crippen LogP contribution in [0.4, 0.5) is 0 Å². The zero-order valence-corrected chi connectivity index (χ0v) is 11.8. The lowest BCUT2D eigenvalue weighted by molar-refractivity contribution is 0.0692. The Morgan fingerprint density at radius 3 is 2.55 bits per heavy atom. The van der Waals surface area contributed by atoms with Gasteiger partial charge in [-0.2, -0.15) is 0 Å². The summed E-state index contributed by atoms with van der Waals surface area (Å²) in [5.41, 5.74) is 1.15. The molecule has 0 heterocycles. The van der Waals surface area contributed by atoms with Crippen molar-refractivity contribution >= 4 is 17.6 Å². The number of aromatic carboxylic acids is 1. The van der Waals surface area contributed by atoms with Gasteiger partial charge in [0.05, 0.1) is 6.61 Å². The molecule has 1 atom stereocenters. The molecule has 0 aliphatic carbocycles. The summed E-state index contributed by atoms with van der Waals surface area (Å²) in [5, 5.41) is 9.78. The predicted molar refractivity (Wildman–Crippen MR) is 78.8 cm³/mol. The van der Waals surface area contributed by atoms with Gasteiger partial charge in [-0.1, -0.05) is 48.9 Å². The van der Waals surface area contributed by atoms with Gasteiger partial charge in [-0.05, 0) is 23.8 Å². The highest BCUT2D eigenvalue weighted by molar-refractivity contribution is 6.31. The average Bonchev–Trinajstić information content (AvgIpc) is 2.45. The third-order valence-electron chi connectivity index (χ3n) is 3.04. The first-order valence-corrected chi connectivity index (χ1v) is 6.67.